The van der Waals surface area contributed by atoms with Gasteiger partial charge in [-0.25, -0.2) is 0 Å². The average molecular weight is 215 g/mol. The summed E-state index contributed by atoms with van der Waals surface area (Å²) in [4.78, 5) is 0. The third kappa shape index (κ3) is 1.98. The average Bonchev–Trinajstić information content (AvgIpc) is 2.05. The normalized spacial score (nSPS) is 9.73. The number of ether oxygens (including phenoxy) is 1. The fourth-order valence-corrected chi connectivity index (χ4v) is 1.83. The van der Waals surface area contributed by atoms with Gasteiger partial charge in [-0.3, -0.25) is 0 Å². The van der Waals surface area contributed by atoms with Gasteiger partial charge in [-0.1, -0.05) is 0 Å². The van der Waals surface area contributed by atoms with Gasteiger partial charge >= 0.3 is 73.5 Å². The summed E-state index contributed by atoms with van der Waals surface area (Å²) in [5, 5.41) is 0. The first-order valence-corrected chi connectivity index (χ1v) is 6.03. The molecule has 2 heteroatoms. The summed E-state index contributed by atoms with van der Waals surface area (Å²) in [7, 11) is 1.72. The first-order chi connectivity index (χ1) is 5.27. The van der Waals surface area contributed by atoms with Crippen LogP contribution < -0.4 is 9.20 Å². The van der Waals surface area contributed by atoms with Gasteiger partial charge < -0.3 is 0 Å². The van der Waals surface area contributed by atoms with Crippen molar-refractivity contribution >= 4 is 19.4 Å². The standard InChI is InChI=1S/C9H12OSe/c1-7-4-5-8(11-3)6-9(7)10-2/h4-6H,1-3H3. The second kappa shape index (κ2) is 3.79. The van der Waals surface area contributed by atoms with Crippen LogP contribution in [0.25, 0.3) is 0 Å². The number of benzene rings is 1. The molecule has 0 unspecified atom stereocenters. The molecule has 60 valence electrons. The SMILES string of the molecule is COc1cc([Se]C)ccc1C. The van der Waals surface area contributed by atoms with Crippen LogP contribution in [0.3, 0.4) is 0 Å². The molecule has 11 heavy (non-hydrogen) atoms. The fourth-order valence-electron chi connectivity index (χ4n) is 0.927. The number of rotatable bonds is 2. The van der Waals surface area contributed by atoms with Crippen LogP contribution in [0, 0.1) is 6.92 Å². The Labute approximate surface area is 73.9 Å². The molecule has 0 aromatic heterocycles. The predicted molar refractivity (Wildman–Crippen MR) is 49.0 cm³/mol. The van der Waals surface area contributed by atoms with Crippen molar-refractivity contribution in [3.05, 3.63) is 23.8 Å². The summed E-state index contributed by atoms with van der Waals surface area (Å²) in [6.07, 6.45) is 0. The van der Waals surface area contributed by atoms with Crippen LogP contribution in [0.4, 0.5) is 0 Å². The maximum atomic E-state index is 5.20. The van der Waals surface area contributed by atoms with Crippen molar-refractivity contribution in [3.63, 3.8) is 0 Å². The monoisotopic (exact) mass is 216 g/mol. The summed E-state index contributed by atoms with van der Waals surface area (Å²) in [5.41, 5.74) is 1.21. The molecular formula is C9H12OSe. The van der Waals surface area contributed by atoms with Gasteiger partial charge in [0.2, 0.25) is 0 Å². The van der Waals surface area contributed by atoms with Crippen molar-refractivity contribution in [2.75, 3.05) is 7.11 Å². The topological polar surface area (TPSA) is 9.23 Å². The second-order valence-corrected chi connectivity index (χ2v) is 4.18. The molecule has 0 bridgehead atoms. The summed E-state index contributed by atoms with van der Waals surface area (Å²) in [6.45, 7) is 2.06. The van der Waals surface area contributed by atoms with Gasteiger partial charge in [0.25, 0.3) is 0 Å². The van der Waals surface area contributed by atoms with Crippen LogP contribution in [0.5, 0.6) is 5.75 Å². The zero-order valence-corrected chi connectivity index (χ0v) is 8.76. The Morgan fingerprint density at radius 2 is 2.09 bits per heavy atom. The number of aryl methyl sites for hydroxylation is 1. The van der Waals surface area contributed by atoms with Gasteiger partial charge in [0.05, 0.1) is 0 Å². The van der Waals surface area contributed by atoms with Gasteiger partial charge in [0, 0.05) is 0 Å². The molecule has 1 nitrogen and oxygen atoms in total. The molecule has 1 aromatic rings. The van der Waals surface area contributed by atoms with Gasteiger partial charge in [-0.05, 0) is 0 Å². The number of hydrogen-bond acceptors (Lipinski definition) is 1. The van der Waals surface area contributed by atoms with Crippen LogP contribution in [-0.2, 0) is 0 Å². The van der Waals surface area contributed by atoms with Crippen LogP contribution in [-0.4, -0.2) is 22.1 Å². The van der Waals surface area contributed by atoms with E-state index in [0.29, 0.717) is 15.0 Å². The van der Waals surface area contributed by atoms with Crippen LogP contribution >= 0.6 is 0 Å². The van der Waals surface area contributed by atoms with Crippen LogP contribution in [0.15, 0.2) is 18.2 Å². The van der Waals surface area contributed by atoms with E-state index in [2.05, 4.69) is 30.9 Å². The quantitative estimate of drug-likeness (QED) is 0.677. The van der Waals surface area contributed by atoms with Crippen molar-refractivity contribution in [1.82, 2.24) is 0 Å². The van der Waals surface area contributed by atoms with E-state index in [0.717, 1.165) is 5.75 Å². The summed E-state index contributed by atoms with van der Waals surface area (Å²) < 4.78 is 6.59. The molecule has 0 aliphatic heterocycles. The molecule has 0 atom stereocenters. The summed E-state index contributed by atoms with van der Waals surface area (Å²) in [6, 6.07) is 6.40. The van der Waals surface area contributed by atoms with Gasteiger partial charge in [0.15, 0.2) is 0 Å². The van der Waals surface area contributed by atoms with Crippen LogP contribution in [0.2, 0.25) is 5.82 Å². The molecule has 0 amide bonds. The Bertz CT molecular complexity index is 245. The Balaban J connectivity index is 3.02. The predicted octanol–water partition coefficient (Wildman–Crippen LogP) is 1.38. The zero-order chi connectivity index (χ0) is 8.27. The first kappa shape index (κ1) is 8.63. The molecule has 0 aliphatic carbocycles. The molecule has 0 aliphatic rings. The van der Waals surface area contributed by atoms with Crippen molar-refractivity contribution in [3.8, 4) is 5.75 Å². The number of hydrogen-bond donors (Lipinski definition) is 0. The first-order valence-electron chi connectivity index (χ1n) is 3.46. The van der Waals surface area contributed by atoms with E-state index in [1.165, 1.54) is 10.0 Å². The third-order valence-electron chi connectivity index (χ3n) is 1.62. The fraction of sp³-hybridized carbons (Fsp3) is 0.333. The Morgan fingerprint density at radius 1 is 1.36 bits per heavy atom. The van der Waals surface area contributed by atoms with Gasteiger partial charge in [-0.2, -0.15) is 0 Å². The molecule has 0 saturated carbocycles. The molecular weight excluding hydrogens is 203 g/mol. The molecule has 0 heterocycles. The zero-order valence-electron chi connectivity index (χ0n) is 7.05. The van der Waals surface area contributed by atoms with E-state index in [4.69, 9.17) is 4.74 Å². The Kier molecular flexibility index (Phi) is 2.98. The van der Waals surface area contributed by atoms with Gasteiger partial charge in [-0.15, -0.1) is 0 Å². The molecule has 0 spiro atoms. The van der Waals surface area contributed by atoms with Crippen molar-refractivity contribution < 1.29 is 4.74 Å². The summed E-state index contributed by atoms with van der Waals surface area (Å²) in [5.74, 6) is 3.21. The van der Waals surface area contributed by atoms with Crippen molar-refractivity contribution in [2.45, 2.75) is 12.7 Å². The van der Waals surface area contributed by atoms with E-state index in [-0.39, 0.29) is 0 Å². The molecule has 0 N–H and O–H groups in total. The Morgan fingerprint density at radius 3 is 2.64 bits per heavy atom. The molecule has 0 radical (unpaired) electrons. The van der Waals surface area contributed by atoms with E-state index in [9.17, 15) is 0 Å². The van der Waals surface area contributed by atoms with E-state index in [1.807, 2.05) is 0 Å². The Hall–Kier alpha value is -0.461. The molecule has 0 saturated heterocycles. The van der Waals surface area contributed by atoms with E-state index in [1.54, 1.807) is 7.11 Å². The van der Waals surface area contributed by atoms with Gasteiger partial charge in [0.1, 0.15) is 0 Å². The molecule has 1 rings (SSSR count). The minimum atomic E-state index is 0.570. The third-order valence-corrected chi connectivity index (χ3v) is 3.14. The summed E-state index contributed by atoms with van der Waals surface area (Å²) >= 11 is 0.570. The van der Waals surface area contributed by atoms with E-state index >= 15 is 0 Å². The maximum absolute atomic E-state index is 5.20. The molecule has 1 aromatic carbocycles. The number of methoxy groups -OCH3 is 1. The van der Waals surface area contributed by atoms with Crippen molar-refractivity contribution in [2.24, 2.45) is 0 Å². The van der Waals surface area contributed by atoms with Crippen LogP contribution in [0.1, 0.15) is 5.56 Å². The van der Waals surface area contributed by atoms with E-state index < -0.39 is 0 Å². The minimum absolute atomic E-state index is 0.570. The second-order valence-electron chi connectivity index (χ2n) is 2.34. The molecule has 0 fully saturated rings. The van der Waals surface area contributed by atoms with Crippen molar-refractivity contribution in [1.29, 1.82) is 0 Å².